The summed E-state index contributed by atoms with van der Waals surface area (Å²) in [4.78, 5) is 0. The van der Waals surface area contributed by atoms with E-state index in [0.29, 0.717) is 13.2 Å². The minimum atomic E-state index is -3.31. The quantitative estimate of drug-likeness (QED) is 0.799. The van der Waals surface area contributed by atoms with E-state index >= 15 is 0 Å². The topological polar surface area (TPSA) is 61.5 Å². The zero-order valence-electron chi connectivity index (χ0n) is 13.1. The van der Waals surface area contributed by atoms with Crippen molar-refractivity contribution in [2.75, 3.05) is 13.2 Å². The number of rotatable bonds is 6. The molecule has 0 saturated heterocycles. The third-order valence-corrected chi connectivity index (χ3v) is 5.29. The average Bonchev–Trinajstić information content (AvgIpc) is 2.37. The molecule has 1 aromatic rings. The maximum atomic E-state index is 12.6. The summed E-state index contributed by atoms with van der Waals surface area (Å²) in [5, 5.41) is 0. The van der Waals surface area contributed by atoms with Crippen LogP contribution in [0.5, 0.6) is 0 Å². The first-order chi connectivity index (χ1) is 9.24. The molecule has 0 aromatic heterocycles. The standard InChI is InChI=1S/C15H26NO3P/c1-6-18-20(17,19-7-2)14(16)12-8-10-13(11-9-12)15(3,4)5/h8-11,14H,6-7,16H2,1-5H3/t14-/m1/s1. The van der Waals surface area contributed by atoms with Crippen molar-refractivity contribution < 1.29 is 13.6 Å². The maximum Gasteiger partial charge on any atom is 0.351 e. The van der Waals surface area contributed by atoms with Crippen LogP contribution in [0.4, 0.5) is 0 Å². The van der Waals surface area contributed by atoms with E-state index in [1.807, 2.05) is 24.3 Å². The molecular weight excluding hydrogens is 273 g/mol. The van der Waals surface area contributed by atoms with Gasteiger partial charge in [-0.15, -0.1) is 0 Å². The molecule has 2 N–H and O–H groups in total. The van der Waals surface area contributed by atoms with Gasteiger partial charge < -0.3 is 14.8 Å². The van der Waals surface area contributed by atoms with Gasteiger partial charge in [-0.05, 0) is 30.4 Å². The van der Waals surface area contributed by atoms with Crippen molar-refractivity contribution in [3.63, 3.8) is 0 Å². The Labute approximate surface area is 122 Å². The van der Waals surface area contributed by atoms with E-state index < -0.39 is 13.4 Å². The summed E-state index contributed by atoms with van der Waals surface area (Å²) in [7, 11) is -3.31. The largest absolute Gasteiger partial charge is 0.351 e. The highest BCUT2D eigenvalue weighted by Crippen LogP contribution is 2.58. The summed E-state index contributed by atoms with van der Waals surface area (Å²) in [5.41, 5.74) is 8.14. The molecule has 0 spiro atoms. The molecule has 0 unspecified atom stereocenters. The Kier molecular flexibility index (Phi) is 5.96. The smallest absolute Gasteiger partial charge is 0.314 e. The van der Waals surface area contributed by atoms with Crippen molar-refractivity contribution in [2.45, 2.75) is 45.8 Å². The van der Waals surface area contributed by atoms with E-state index in [0.717, 1.165) is 5.56 Å². The van der Waals surface area contributed by atoms with Gasteiger partial charge in [-0.25, -0.2) is 0 Å². The molecule has 0 bridgehead atoms. The second-order valence-electron chi connectivity index (χ2n) is 5.69. The van der Waals surface area contributed by atoms with Crippen molar-refractivity contribution in [3.8, 4) is 0 Å². The van der Waals surface area contributed by atoms with Crippen molar-refractivity contribution in [1.82, 2.24) is 0 Å². The molecule has 0 aliphatic heterocycles. The van der Waals surface area contributed by atoms with Gasteiger partial charge in [0, 0.05) is 0 Å². The third kappa shape index (κ3) is 4.16. The Morgan fingerprint density at radius 2 is 1.55 bits per heavy atom. The molecule has 0 fully saturated rings. The van der Waals surface area contributed by atoms with E-state index in [9.17, 15) is 4.57 Å². The molecule has 0 radical (unpaired) electrons. The summed E-state index contributed by atoms with van der Waals surface area (Å²) in [6, 6.07) is 7.82. The fourth-order valence-corrected chi connectivity index (χ4v) is 3.57. The Balaban J connectivity index is 3.01. The van der Waals surface area contributed by atoms with E-state index in [1.54, 1.807) is 13.8 Å². The highest BCUT2D eigenvalue weighted by Gasteiger charge is 2.33. The highest BCUT2D eigenvalue weighted by molar-refractivity contribution is 7.54. The predicted molar refractivity (Wildman–Crippen MR) is 82.9 cm³/mol. The van der Waals surface area contributed by atoms with Crippen LogP contribution < -0.4 is 5.73 Å². The van der Waals surface area contributed by atoms with Crippen molar-refractivity contribution >= 4 is 7.60 Å². The van der Waals surface area contributed by atoms with Crippen molar-refractivity contribution in [2.24, 2.45) is 5.73 Å². The zero-order valence-corrected chi connectivity index (χ0v) is 13.9. The predicted octanol–water partition coefficient (Wildman–Crippen LogP) is 4.21. The van der Waals surface area contributed by atoms with Crippen LogP contribution >= 0.6 is 7.60 Å². The molecule has 0 amide bonds. The maximum absolute atomic E-state index is 12.6. The minimum absolute atomic E-state index is 0.0756. The van der Waals surface area contributed by atoms with Crippen LogP contribution in [-0.4, -0.2) is 13.2 Å². The molecular formula is C15H26NO3P. The molecule has 5 heteroatoms. The van der Waals surface area contributed by atoms with Crippen LogP contribution in [0, 0.1) is 0 Å². The fourth-order valence-electron chi connectivity index (χ4n) is 1.92. The monoisotopic (exact) mass is 299 g/mol. The minimum Gasteiger partial charge on any atom is -0.314 e. The second-order valence-corrected chi connectivity index (χ2v) is 7.84. The lowest BCUT2D eigenvalue weighted by molar-refractivity contribution is 0.212. The van der Waals surface area contributed by atoms with Crippen molar-refractivity contribution in [1.29, 1.82) is 0 Å². The second kappa shape index (κ2) is 6.86. The lowest BCUT2D eigenvalue weighted by Crippen LogP contribution is -2.16. The van der Waals surface area contributed by atoms with Crippen molar-refractivity contribution in [3.05, 3.63) is 35.4 Å². The summed E-state index contributed by atoms with van der Waals surface area (Å²) >= 11 is 0. The Hall–Kier alpha value is -0.670. The van der Waals surface area contributed by atoms with Crippen LogP contribution in [0.3, 0.4) is 0 Å². The van der Waals surface area contributed by atoms with Gasteiger partial charge in [0.1, 0.15) is 5.78 Å². The van der Waals surface area contributed by atoms with Crippen LogP contribution in [0.2, 0.25) is 0 Å². The molecule has 1 rings (SSSR count). The highest BCUT2D eigenvalue weighted by atomic mass is 31.2. The van der Waals surface area contributed by atoms with Gasteiger partial charge in [0.2, 0.25) is 0 Å². The number of benzene rings is 1. The first-order valence-electron chi connectivity index (χ1n) is 6.99. The molecule has 4 nitrogen and oxygen atoms in total. The number of nitrogens with two attached hydrogens (primary N) is 1. The Morgan fingerprint density at radius 1 is 1.10 bits per heavy atom. The van der Waals surface area contributed by atoms with E-state index in [-0.39, 0.29) is 5.41 Å². The van der Waals surface area contributed by atoms with E-state index in [1.165, 1.54) is 5.56 Å². The number of hydrogen-bond donors (Lipinski definition) is 1. The normalized spacial score (nSPS) is 14.3. The summed E-state index contributed by atoms with van der Waals surface area (Å²) < 4.78 is 23.2. The number of hydrogen-bond acceptors (Lipinski definition) is 4. The van der Waals surface area contributed by atoms with Gasteiger partial charge in [0.15, 0.2) is 0 Å². The molecule has 0 aliphatic carbocycles. The molecule has 20 heavy (non-hydrogen) atoms. The molecule has 0 saturated carbocycles. The average molecular weight is 299 g/mol. The van der Waals surface area contributed by atoms with Crippen LogP contribution in [0.1, 0.15) is 51.5 Å². The van der Waals surface area contributed by atoms with Gasteiger partial charge in [-0.3, -0.25) is 4.57 Å². The zero-order chi connectivity index (χ0) is 15.4. The van der Waals surface area contributed by atoms with Gasteiger partial charge in [-0.1, -0.05) is 45.0 Å². The lowest BCUT2D eigenvalue weighted by Gasteiger charge is -2.24. The van der Waals surface area contributed by atoms with Crippen LogP contribution in [0.25, 0.3) is 0 Å². The van der Waals surface area contributed by atoms with E-state index in [2.05, 4.69) is 20.8 Å². The van der Waals surface area contributed by atoms with Gasteiger partial charge >= 0.3 is 7.60 Å². The van der Waals surface area contributed by atoms with Gasteiger partial charge in [0.05, 0.1) is 13.2 Å². The molecule has 1 atom stereocenters. The van der Waals surface area contributed by atoms with Crippen LogP contribution in [0.15, 0.2) is 24.3 Å². The fraction of sp³-hybridized carbons (Fsp3) is 0.600. The Morgan fingerprint density at radius 3 is 1.90 bits per heavy atom. The first kappa shape index (κ1) is 17.4. The Bertz CT molecular complexity index is 455. The summed E-state index contributed by atoms with van der Waals surface area (Å²) in [6.45, 7) is 10.6. The molecule has 1 aromatic carbocycles. The molecule has 0 aliphatic rings. The SMILES string of the molecule is CCOP(=O)(OCC)[C@@H](N)c1ccc(C(C)(C)C)cc1. The van der Waals surface area contributed by atoms with E-state index in [4.69, 9.17) is 14.8 Å². The summed E-state index contributed by atoms with van der Waals surface area (Å²) in [5.74, 6) is -0.753. The molecule has 114 valence electrons. The van der Waals surface area contributed by atoms with Crippen LogP contribution in [-0.2, 0) is 19.0 Å². The van der Waals surface area contributed by atoms with Gasteiger partial charge in [-0.2, -0.15) is 0 Å². The first-order valence-corrected chi connectivity index (χ1v) is 8.60. The molecule has 0 heterocycles. The van der Waals surface area contributed by atoms with Gasteiger partial charge in [0.25, 0.3) is 0 Å². The summed E-state index contributed by atoms with van der Waals surface area (Å²) in [6.07, 6.45) is 0. The third-order valence-electron chi connectivity index (χ3n) is 3.08. The lowest BCUT2D eigenvalue weighted by atomic mass is 9.87.